The zero-order chi connectivity index (χ0) is 17.7. The monoisotopic (exact) mass is 337 g/mol. The van der Waals surface area contributed by atoms with Crippen molar-refractivity contribution in [1.82, 2.24) is 4.98 Å². The molecular formula is C23H15NO2. The first-order valence-electron chi connectivity index (χ1n) is 8.56. The van der Waals surface area contributed by atoms with Gasteiger partial charge in [0.2, 0.25) is 0 Å². The van der Waals surface area contributed by atoms with Crippen LogP contribution in [-0.4, -0.2) is 16.1 Å². The number of carboxylic acid groups (broad SMARTS) is 1. The molecule has 1 aliphatic rings. The van der Waals surface area contributed by atoms with E-state index in [2.05, 4.69) is 36.4 Å². The standard InChI is InChI=1S/C23H15NO2/c25-23(26)19-10-3-6-14-11-12-21(24-22(14)19)18-9-4-8-17-16-7-2-1-5-15(16)13-20(17)18/h1-12H,13H2,(H,25,26). The topological polar surface area (TPSA) is 50.2 Å². The molecule has 0 unspecified atom stereocenters. The molecule has 0 aliphatic heterocycles. The maximum absolute atomic E-state index is 11.6. The highest BCUT2D eigenvalue weighted by molar-refractivity contribution is 6.02. The molecule has 5 rings (SSSR count). The summed E-state index contributed by atoms with van der Waals surface area (Å²) in [5.74, 6) is -0.953. The number of hydrogen-bond acceptors (Lipinski definition) is 2. The van der Waals surface area contributed by atoms with E-state index in [-0.39, 0.29) is 5.56 Å². The van der Waals surface area contributed by atoms with E-state index in [1.54, 1.807) is 12.1 Å². The first kappa shape index (κ1) is 14.8. The van der Waals surface area contributed by atoms with E-state index in [9.17, 15) is 9.90 Å². The Labute approximate surface area is 150 Å². The van der Waals surface area contributed by atoms with Crippen LogP contribution in [0.4, 0.5) is 0 Å². The predicted octanol–water partition coefficient (Wildman–Crippen LogP) is 5.17. The number of benzene rings is 3. The number of pyridine rings is 1. The Hall–Kier alpha value is -3.46. The third kappa shape index (κ3) is 2.14. The number of nitrogens with zero attached hydrogens (tertiary/aromatic N) is 1. The van der Waals surface area contributed by atoms with E-state index >= 15 is 0 Å². The molecule has 26 heavy (non-hydrogen) atoms. The number of fused-ring (bicyclic) bond motifs is 4. The van der Waals surface area contributed by atoms with Gasteiger partial charge in [0.05, 0.1) is 16.8 Å². The second kappa shape index (κ2) is 5.53. The highest BCUT2D eigenvalue weighted by atomic mass is 16.4. The molecule has 1 aliphatic carbocycles. The fourth-order valence-electron chi connectivity index (χ4n) is 3.87. The number of aromatic nitrogens is 1. The molecule has 0 saturated carbocycles. The number of carbonyl (C=O) groups is 1. The number of rotatable bonds is 2. The third-order valence-electron chi connectivity index (χ3n) is 5.08. The summed E-state index contributed by atoms with van der Waals surface area (Å²) in [6.45, 7) is 0. The summed E-state index contributed by atoms with van der Waals surface area (Å²) < 4.78 is 0. The Morgan fingerprint density at radius 1 is 0.808 bits per heavy atom. The summed E-state index contributed by atoms with van der Waals surface area (Å²) in [7, 11) is 0. The van der Waals surface area contributed by atoms with Gasteiger partial charge in [-0.1, -0.05) is 60.7 Å². The van der Waals surface area contributed by atoms with Crippen molar-refractivity contribution in [2.75, 3.05) is 0 Å². The normalized spacial score (nSPS) is 12.0. The minimum Gasteiger partial charge on any atom is -0.478 e. The summed E-state index contributed by atoms with van der Waals surface area (Å²) in [6, 6.07) is 23.9. The quantitative estimate of drug-likeness (QED) is 0.483. The van der Waals surface area contributed by atoms with Crippen molar-refractivity contribution in [3.8, 4) is 22.4 Å². The molecule has 0 spiro atoms. The van der Waals surface area contributed by atoms with Crippen molar-refractivity contribution in [3.63, 3.8) is 0 Å². The molecule has 3 aromatic carbocycles. The van der Waals surface area contributed by atoms with Gasteiger partial charge in [0.25, 0.3) is 0 Å². The first-order valence-corrected chi connectivity index (χ1v) is 8.56. The van der Waals surface area contributed by atoms with Crippen LogP contribution in [0.1, 0.15) is 21.5 Å². The Kier molecular flexibility index (Phi) is 3.16. The molecule has 3 heteroatoms. The fraction of sp³-hybridized carbons (Fsp3) is 0.0435. The Bertz CT molecular complexity index is 1190. The summed E-state index contributed by atoms with van der Waals surface area (Å²) in [5, 5.41) is 10.3. The van der Waals surface area contributed by atoms with Crippen molar-refractivity contribution in [3.05, 3.63) is 89.5 Å². The minimum absolute atomic E-state index is 0.236. The van der Waals surface area contributed by atoms with Gasteiger partial charge >= 0.3 is 5.97 Å². The summed E-state index contributed by atoms with van der Waals surface area (Å²) in [6.07, 6.45) is 0.877. The molecule has 1 aromatic heterocycles. The first-order chi connectivity index (χ1) is 12.7. The van der Waals surface area contributed by atoms with Gasteiger partial charge in [-0.25, -0.2) is 9.78 Å². The highest BCUT2D eigenvalue weighted by Gasteiger charge is 2.21. The number of para-hydroxylation sites is 1. The molecule has 1 heterocycles. The molecule has 124 valence electrons. The van der Waals surface area contributed by atoms with Crippen LogP contribution in [0.15, 0.2) is 72.8 Å². The second-order valence-corrected chi connectivity index (χ2v) is 6.54. The molecule has 0 amide bonds. The van der Waals surface area contributed by atoms with Crippen molar-refractivity contribution in [1.29, 1.82) is 0 Å². The van der Waals surface area contributed by atoms with Crippen LogP contribution in [-0.2, 0) is 6.42 Å². The smallest absolute Gasteiger partial charge is 0.337 e. The minimum atomic E-state index is -0.953. The van der Waals surface area contributed by atoms with Gasteiger partial charge in [-0.15, -0.1) is 0 Å². The van der Waals surface area contributed by atoms with E-state index in [1.807, 2.05) is 24.3 Å². The molecular weight excluding hydrogens is 322 g/mol. The average Bonchev–Trinajstić information content (AvgIpc) is 3.05. The number of aromatic carboxylic acids is 1. The molecule has 3 nitrogen and oxygen atoms in total. The van der Waals surface area contributed by atoms with E-state index in [4.69, 9.17) is 4.98 Å². The lowest BCUT2D eigenvalue weighted by molar-refractivity contribution is 0.0699. The lowest BCUT2D eigenvalue weighted by Gasteiger charge is -2.10. The van der Waals surface area contributed by atoms with Crippen molar-refractivity contribution in [2.45, 2.75) is 6.42 Å². The van der Waals surface area contributed by atoms with Gasteiger partial charge in [0, 0.05) is 10.9 Å². The summed E-state index contributed by atoms with van der Waals surface area (Å²) >= 11 is 0. The largest absolute Gasteiger partial charge is 0.478 e. The van der Waals surface area contributed by atoms with Crippen LogP contribution in [0.2, 0.25) is 0 Å². The fourth-order valence-corrected chi connectivity index (χ4v) is 3.87. The average molecular weight is 337 g/mol. The van der Waals surface area contributed by atoms with Gasteiger partial charge in [-0.05, 0) is 40.8 Å². The van der Waals surface area contributed by atoms with Crippen LogP contribution in [0.5, 0.6) is 0 Å². The molecule has 1 N–H and O–H groups in total. The molecule has 4 aromatic rings. The van der Waals surface area contributed by atoms with Gasteiger partial charge < -0.3 is 5.11 Å². The van der Waals surface area contributed by atoms with Crippen LogP contribution >= 0.6 is 0 Å². The highest BCUT2D eigenvalue weighted by Crippen LogP contribution is 2.41. The van der Waals surface area contributed by atoms with E-state index in [1.165, 1.54) is 22.3 Å². The van der Waals surface area contributed by atoms with Gasteiger partial charge in [-0.3, -0.25) is 0 Å². The third-order valence-corrected chi connectivity index (χ3v) is 5.08. The van der Waals surface area contributed by atoms with Crippen molar-refractivity contribution < 1.29 is 9.90 Å². The lowest BCUT2D eigenvalue weighted by Crippen LogP contribution is -2.00. The zero-order valence-corrected chi connectivity index (χ0v) is 13.9. The maximum atomic E-state index is 11.6. The van der Waals surface area contributed by atoms with Crippen LogP contribution in [0.3, 0.4) is 0 Å². The van der Waals surface area contributed by atoms with Crippen LogP contribution < -0.4 is 0 Å². The Balaban J connectivity index is 1.73. The summed E-state index contributed by atoms with van der Waals surface area (Å²) in [5.41, 5.74) is 7.75. The predicted molar refractivity (Wildman–Crippen MR) is 102 cm³/mol. The molecule has 0 atom stereocenters. The molecule has 0 fully saturated rings. The summed E-state index contributed by atoms with van der Waals surface area (Å²) in [4.78, 5) is 16.3. The molecule has 0 saturated heterocycles. The number of hydrogen-bond donors (Lipinski definition) is 1. The lowest BCUT2D eigenvalue weighted by atomic mass is 9.98. The van der Waals surface area contributed by atoms with Gasteiger partial charge in [0.15, 0.2) is 0 Å². The SMILES string of the molecule is O=C(O)c1cccc2ccc(-c3cccc4c3Cc3ccccc3-4)nc12. The van der Waals surface area contributed by atoms with Crippen LogP contribution in [0.25, 0.3) is 33.3 Å². The molecule has 0 radical (unpaired) electrons. The van der Waals surface area contributed by atoms with Gasteiger partial charge in [-0.2, -0.15) is 0 Å². The van der Waals surface area contributed by atoms with Gasteiger partial charge in [0.1, 0.15) is 0 Å². The van der Waals surface area contributed by atoms with Crippen molar-refractivity contribution >= 4 is 16.9 Å². The Morgan fingerprint density at radius 3 is 2.46 bits per heavy atom. The van der Waals surface area contributed by atoms with E-state index in [0.717, 1.165) is 23.1 Å². The zero-order valence-electron chi connectivity index (χ0n) is 13.9. The Morgan fingerprint density at radius 2 is 1.58 bits per heavy atom. The maximum Gasteiger partial charge on any atom is 0.337 e. The van der Waals surface area contributed by atoms with Crippen LogP contribution in [0, 0.1) is 0 Å². The van der Waals surface area contributed by atoms with E-state index < -0.39 is 5.97 Å². The van der Waals surface area contributed by atoms with E-state index in [0.29, 0.717) is 5.52 Å². The molecule has 0 bridgehead atoms. The second-order valence-electron chi connectivity index (χ2n) is 6.54. The number of carboxylic acids is 1. The van der Waals surface area contributed by atoms with Crippen molar-refractivity contribution in [2.24, 2.45) is 0 Å².